The molecule has 3 heteroatoms. The zero-order chi connectivity index (χ0) is 13.2. The highest BCUT2D eigenvalue weighted by Crippen LogP contribution is 2.24. The van der Waals surface area contributed by atoms with Crippen molar-refractivity contribution in [2.45, 2.75) is 38.7 Å². The Hall–Kier alpha value is -0.540. The third kappa shape index (κ3) is 5.40. The first-order valence-electron chi connectivity index (χ1n) is 6.63. The van der Waals surface area contributed by atoms with Crippen LogP contribution < -0.4 is 4.74 Å². The van der Waals surface area contributed by atoms with Gasteiger partial charge in [-0.2, -0.15) is 0 Å². The number of hydrogen-bond acceptors (Lipinski definition) is 2. The van der Waals surface area contributed by atoms with E-state index in [1.54, 1.807) is 7.11 Å². The van der Waals surface area contributed by atoms with E-state index in [0.717, 1.165) is 24.1 Å². The highest BCUT2D eigenvalue weighted by molar-refractivity contribution is 9.09. The molecular weight excluding hydrogens is 292 g/mol. The van der Waals surface area contributed by atoms with Crippen molar-refractivity contribution in [2.75, 3.05) is 19.0 Å². The molecule has 0 aliphatic carbocycles. The number of ether oxygens (including phenoxy) is 2. The molecule has 0 saturated heterocycles. The molecule has 2 nitrogen and oxygen atoms in total. The normalized spacial score (nSPS) is 12.4. The van der Waals surface area contributed by atoms with Crippen LogP contribution in [0.4, 0.5) is 0 Å². The molecular formula is C15H23BrO2. The lowest BCUT2D eigenvalue weighted by atomic mass is 10.1. The van der Waals surface area contributed by atoms with Crippen LogP contribution in [0.1, 0.15) is 44.3 Å². The molecule has 0 fully saturated rings. The molecule has 0 aliphatic rings. The Labute approximate surface area is 119 Å². The van der Waals surface area contributed by atoms with Gasteiger partial charge in [-0.05, 0) is 24.1 Å². The third-order valence-electron chi connectivity index (χ3n) is 2.92. The van der Waals surface area contributed by atoms with Crippen molar-refractivity contribution >= 4 is 15.9 Å². The van der Waals surface area contributed by atoms with E-state index < -0.39 is 0 Å². The van der Waals surface area contributed by atoms with Crippen LogP contribution in [0.2, 0.25) is 0 Å². The number of halogens is 1. The summed E-state index contributed by atoms with van der Waals surface area (Å²) in [4.78, 5) is 0. The highest BCUT2D eigenvalue weighted by atomic mass is 79.9. The monoisotopic (exact) mass is 314 g/mol. The smallest absolute Gasteiger partial charge is 0.119 e. The molecule has 102 valence electrons. The molecule has 0 saturated carbocycles. The maximum absolute atomic E-state index is 5.92. The van der Waals surface area contributed by atoms with Gasteiger partial charge in [0, 0.05) is 11.9 Å². The summed E-state index contributed by atoms with van der Waals surface area (Å²) >= 11 is 3.52. The van der Waals surface area contributed by atoms with Crippen molar-refractivity contribution in [3.05, 3.63) is 29.8 Å². The first kappa shape index (κ1) is 15.5. The van der Waals surface area contributed by atoms with Crippen LogP contribution in [0.15, 0.2) is 24.3 Å². The molecule has 0 spiro atoms. The molecule has 1 rings (SSSR count). The average Bonchev–Trinajstić information content (AvgIpc) is 2.43. The maximum Gasteiger partial charge on any atom is 0.119 e. The van der Waals surface area contributed by atoms with Crippen LogP contribution in [0, 0.1) is 0 Å². The predicted molar refractivity (Wildman–Crippen MR) is 79.6 cm³/mol. The van der Waals surface area contributed by atoms with E-state index in [1.165, 1.54) is 24.8 Å². The molecule has 1 aromatic carbocycles. The van der Waals surface area contributed by atoms with Gasteiger partial charge in [0.15, 0.2) is 0 Å². The van der Waals surface area contributed by atoms with Crippen LogP contribution >= 0.6 is 15.9 Å². The number of alkyl halides is 1. The summed E-state index contributed by atoms with van der Waals surface area (Å²) in [6.45, 7) is 3.05. The van der Waals surface area contributed by atoms with E-state index in [0.29, 0.717) is 0 Å². The van der Waals surface area contributed by atoms with Gasteiger partial charge in [0.1, 0.15) is 5.75 Å². The summed E-state index contributed by atoms with van der Waals surface area (Å²) in [7, 11) is 1.69. The van der Waals surface area contributed by atoms with Gasteiger partial charge in [-0.1, -0.05) is 54.2 Å². The number of unbranched alkanes of at least 4 members (excludes halogenated alkanes) is 3. The Balaban J connectivity index is 2.44. The molecule has 0 heterocycles. The summed E-state index contributed by atoms with van der Waals surface area (Å²) in [6.07, 6.45) is 5.06. The van der Waals surface area contributed by atoms with Gasteiger partial charge >= 0.3 is 0 Å². The second-order valence-corrected chi connectivity index (χ2v) is 5.00. The van der Waals surface area contributed by atoms with E-state index >= 15 is 0 Å². The number of methoxy groups -OCH3 is 1. The summed E-state index contributed by atoms with van der Waals surface area (Å²) in [6, 6.07) is 8.08. The molecule has 0 amide bonds. The molecule has 1 unspecified atom stereocenters. The molecule has 18 heavy (non-hydrogen) atoms. The Morgan fingerprint density at radius 1 is 1.22 bits per heavy atom. The van der Waals surface area contributed by atoms with E-state index in [2.05, 4.69) is 28.9 Å². The van der Waals surface area contributed by atoms with Crippen molar-refractivity contribution < 1.29 is 9.47 Å². The van der Waals surface area contributed by atoms with E-state index in [1.807, 2.05) is 18.2 Å². The van der Waals surface area contributed by atoms with Crippen molar-refractivity contribution in [3.63, 3.8) is 0 Å². The van der Waals surface area contributed by atoms with Crippen molar-refractivity contribution in [1.29, 1.82) is 0 Å². The zero-order valence-corrected chi connectivity index (χ0v) is 12.9. The van der Waals surface area contributed by atoms with Crippen molar-refractivity contribution in [3.8, 4) is 5.75 Å². The Morgan fingerprint density at radius 2 is 2.06 bits per heavy atom. The van der Waals surface area contributed by atoms with Gasteiger partial charge in [-0.15, -0.1) is 0 Å². The van der Waals surface area contributed by atoms with Gasteiger partial charge in [0.2, 0.25) is 0 Å². The number of rotatable bonds is 9. The van der Waals surface area contributed by atoms with Crippen molar-refractivity contribution in [1.82, 2.24) is 0 Å². The fraction of sp³-hybridized carbons (Fsp3) is 0.600. The van der Waals surface area contributed by atoms with Gasteiger partial charge in [-0.25, -0.2) is 0 Å². The second-order valence-electron chi connectivity index (χ2n) is 4.35. The lowest BCUT2D eigenvalue weighted by Crippen LogP contribution is -2.07. The van der Waals surface area contributed by atoms with Crippen LogP contribution in [0.25, 0.3) is 0 Å². The molecule has 0 N–H and O–H groups in total. The first-order valence-corrected chi connectivity index (χ1v) is 7.75. The van der Waals surface area contributed by atoms with Gasteiger partial charge in [-0.3, -0.25) is 0 Å². The lowest BCUT2D eigenvalue weighted by molar-refractivity contribution is 0.0667. The van der Waals surface area contributed by atoms with Gasteiger partial charge in [0.05, 0.1) is 13.2 Å². The average molecular weight is 315 g/mol. The van der Waals surface area contributed by atoms with Gasteiger partial charge in [0.25, 0.3) is 0 Å². The summed E-state index contributed by atoms with van der Waals surface area (Å²) in [5, 5.41) is 0.813. The molecule has 0 aliphatic heterocycles. The molecule has 0 aromatic heterocycles. The topological polar surface area (TPSA) is 18.5 Å². The van der Waals surface area contributed by atoms with Crippen LogP contribution in [0.3, 0.4) is 0 Å². The van der Waals surface area contributed by atoms with Gasteiger partial charge < -0.3 is 9.47 Å². The van der Waals surface area contributed by atoms with E-state index in [-0.39, 0.29) is 6.10 Å². The zero-order valence-electron chi connectivity index (χ0n) is 11.3. The SMILES string of the molecule is CCCCCCOC(CBr)c1cccc(OC)c1. The summed E-state index contributed by atoms with van der Waals surface area (Å²) in [5.41, 5.74) is 1.17. The van der Waals surface area contributed by atoms with E-state index in [4.69, 9.17) is 9.47 Å². The molecule has 0 radical (unpaired) electrons. The quantitative estimate of drug-likeness (QED) is 0.484. The van der Waals surface area contributed by atoms with Crippen LogP contribution in [0.5, 0.6) is 5.75 Å². The van der Waals surface area contributed by atoms with Crippen LogP contribution in [-0.4, -0.2) is 19.0 Å². The lowest BCUT2D eigenvalue weighted by Gasteiger charge is -2.16. The van der Waals surface area contributed by atoms with Crippen LogP contribution in [-0.2, 0) is 4.74 Å². The second kappa shape index (κ2) is 9.40. The summed E-state index contributed by atoms with van der Waals surface area (Å²) in [5.74, 6) is 0.882. The first-order chi connectivity index (χ1) is 8.81. The minimum Gasteiger partial charge on any atom is -0.497 e. The summed E-state index contributed by atoms with van der Waals surface area (Å²) < 4.78 is 11.2. The molecule has 0 bridgehead atoms. The number of hydrogen-bond donors (Lipinski definition) is 0. The Morgan fingerprint density at radius 3 is 2.72 bits per heavy atom. The Kier molecular flexibility index (Phi) is 8.10. The van der Waals surface area contributed by atoms with Crippen molar-refractivity contribution in [2.24, 2.45) is 0 Å². The fourth-order valence-electron chi connectivity index (χ4n) is 1.83. The minimum absolute atomic E-state index is 0.113. The Bertz CT molecular complexity index is 328. The standard InChI is InChI=1S/C15H23BrO2/c1-3-4-5-6-10-18-15(12-16)13-8-7-9-14(11-13)17-2/h7-9,11,15H,3-6,10,12H2,1-2H3. The minimum atomic E-state index is 0.113. The third-order valence-corrected chi connectivity index (χ3v) is 3.51. The molecule has 1 aromatic rings. The maximum atomic E-state index is 5.92. The predicted octanol–water partition coefficient (Wildman–Crippen LogP) is 4.73. The highest BCUT2D eigenvalue weighted by Gasteiger charge is 2.10. The largest absolute Gasteiger partial charge is 0.497 e. The molecule has 1 atom stereocenters. The number of benzene rings is 1. The van der Waals surface area contributed by atoms with E-state index in [9.17, 15) is 0 Å². The fourth-order valence-corrected chi connectivity index (χ4v) is 2.39.